The Morgan fingerprint density at radius 2 is 2.20 bits per heavy atom. The molecule has 1 heterocycles. The van der Waals surface area contributed by atoms with Gasteiger partial charge >= 0.3 is 0 Å². The van der Waals surface area contributed by atoms with Crippen molar-refractivity contribution in [3.05, 3.63) is 28.8 Å². The van der Waals surface area contributed by atoms with Crippen LogP contribution in [0.15, 0.2) is 18.2 Å². The molecule has 1 aliphatic rings. The predicted molar refractivity (Wildman–Crippen MR) is 88.8 cm³/mol. The van der Waals surface area contributed by atoms with Gasteiger partial charge in [0.1, 0.15) is 0 Å². The van der Waals surface area contributed by atoms with Gasteiger partial charge in [-0.2, -0.15) is 0 Å². The molecule has 2 atom stereocenters. The van der Waals surface area contributed by atoms with Gasteiger partial charge in [0, 0.05) is 18.6 Å². The molecule has 0 saturated carbocycles. The number of piperidine rings is 1. The fraction of sp³-hybridized carbons (Fsp3) is 0.647. The fourth-order valence-electron chi connectivity index (χ4n) is 3.14. The number of hydrogen-bond acceptors (Lipinski definition) is 2. The van der Waals surface area contributed by atoms with Gasteiger partial charge < -0.3 is 10.2 Å². The van der Waals surface area contributed by atoms with Crippen LogP contribution in [0.4, 0.5) is 5.69 Å². The summed E-state index contributed by atoms with van der Waals surface area (Å²) in [6.07, 6.45) is 6.45. The van der Waals surface area contributed by atoms with Crippen molar-refractivity contribution in [1.29, 1.82) is 0 Å². The van der Waals surface area contributed by atoms with Crippen LogP contribution in [0.1, 0.15) is 57.6 Å². The Hall–Kier alpha value is -0.730. The van der Waals surface area contributed by atoms with Crippen molar-refractivity contribution in [2.24, 2.45) is 0 Å². The van der Waals surface area contributed by atoms with Crippen LogP contribution in [0.25, 0.3) is 0 Å². The third-order valence-electron chi connectivity index (χ3n) is 4.46. The maximum absolute atomic E-state index is 6.56. The molecule has 3 heteroatoms. The summed E-state index contributed by atoms with van der Waals surface area (Å²) in [5.41, 5.74) is 2.47. The van der Waals surface area contributed by atoms with Crippen LogP contribution in [0.5, 0.6) is 0 Å². The first-order chi connectivity index (χ1) is 9.67. The van der Waals surface area contributed by atoms with E-state index in [-0.39, 0.29) is 0 Å². The van der Waals surface area contributed by atoms with E-state index < -0.39 is 0 Å². The summed E-state index contributed by atoms with van der Waals surface area (Å²) >= 11 is 6.56. The molecule has 2 nitrogen and oxygen atoms in total. The first kappa shape index (κ1) is 15.7. The number of rotatable bonds is 5. The molecule has 2 unspecified atom stereocenters. The van der Waals surface area contributed by atoms with Gasteiger partial charge in [-0.15, -0.1) is 0 Å². The van der Waals surface area contributed by atoms with E-state index >= 15 is 0 Å². The van der Waals surface area contributed by atoms with Crippen LogP contribution in [0.2, 0.25) is 5.02 Å². The number of hydrogen-bond donors (Lipinski definition) is 1. The Kier molecular flexibility index (Phi) is 5.74. The summed E-state index contributed by atoms with van der Waals surface area (Å²) in [5, 5.41) is 4.16. The first-order valence-corrected chi connectivity index (χ1v) is 8.28. The first-order valence-electron chi connectivity index (χ1n) is 7.90. The van der Waals surface area contributed by atoms with Gasteiger partial charge in [0.05, 0.1) is 10.7 Å². The van der Waals surface area contributed by atoms with Crippen molar-refractivity contribution in [1.82, 2.24) is 5.32 Å². The molecule has 0 amide bonds. The summed E-state index contributed by atoms with van der Waals surface area (Å²) in [5.74, 6) is 0. The van der Waals surface area contributed by atoms with E-state index in [2.05, 4.69) is 42.3 Å². The Labute approximate surface area is 128 Å². The molecule has 112 valence electrons. The van der Waals surface area contributed by atoms with Crippen LogP contribution < -0.4 is 10.2 Å². The lowest BCUT2D eigenvalue weighted by molar-refractivity contribution is 0.435. The second kappa shape index (κ2) is 7.33. The van der Waals surface area contributed by atoms with Crippen LogP contribution >= 0.6 is 11.6 Å². The molecule has 1 saturated heterocycles. The van der Waals surface area contributed by atoms with Crippen molar-refractivity contribution in [2.45, 2.75) is 58.0 Å². The molecule has 0 radical (unpaired) electrons. The molecule has 0 bridgehead atoms. The maximum atomic E-state index is 6.56. The molecule has 0 aromatic heterocycles. The number of halogens is 1. The van der Waals surface area contributed by atoms with Crippen molar-refractivity contribution in [3.8, 4) is 0 Å². The number of nitrogens with zero attached hydrogens (tertiary/aromatic N) is 1. The molecule has 2 rings (SSSR count). The van der Waals surface area contributed by atoms with E-state index in [4.69, 9.17) is 11.6 Å². The molecular weight excluding hydrogens is 268 g/mol. The van der Waals surface area contributed by atoms with E-state index in [0.717, 1.165) is 11.6 Å². The fourth-order valence-corrected chi connectivity index (χ4v) is 3.44. The zero-order valence-corrected chi connectivity index (χ0v) is 13.7. The summed E-state index contributed by atoms with van der Waals surface area (Å²) in [4.78, 5) is 2.53. The van der Waals surface area contributed by atoms with Gasteiger partial charge in [-0.05, 0) is 57.4 Å². The number of anilines is 1. The second-order valence-corrected chi connectivity index (χ2v) is 6.26. The van der Waals surface area contributed by atoms with Crippen LogP contribution in [0, 0.1) is 0 Å². The second-order valence-electron chi connectivity index (χ2n) is 5.85. The highest BCUT2D eigenvalue weighted by molar-refractivity contribution is 6.33. The van der Waals surface area contributed by atoms with Gasteiger partial charge in [-0.3, -0.25) is 0 Å². The highest BCUT2D eigenvalue weighted by Crippen LogP contribution is 2.34. The van der Waals surface area contributed by atoms with E-state index in [9.17, 15) is 0 Å². The van der Waals surface area contributed by atoms with E-state index in [1.165, 1.54) is 43.4 Å². The average molecular weight is 295 g/mol. The quantitative estimate of drug-likeness (QED) is 0.841. The molecule has 1 aromatic rings. The standard InChI is InChI=1S/C17H27ClN2/c1-4-7-15-8-5-6-11-20(15)17-10-9-14(12-16(17)18)13(2)19-3/h9-10,12-13,15,19H,4-8,11H2,1-3H3. The summed E-state index contributed by atoms with van der Waals surface area (Å²) in [6, 6.07) is 7.54. The largest absolute Gasteiger partial charge is 0.367 e. The average Bonchev–Trinajstić information content (AvgIpc) is 2.47. The lowest BCUT2D eigenvalue weighted by Gasteiger charge is -2.38. The van der Waals surface area contributed by atoms with Gasteiger partial charge in [0.2, 0.25) is 0 Å². The zero-order chi connectivity index (χ0) is 14.5. The third-order valence-corrected chi connectivity index (χ3v) is 4.77. The lowest BCUT2D eigenvalue weighted by Crippen LogP contribution is -2.39. The molecule has 1 aliphatic heterocycles. The molecule has 20 heavy (non-hydrogen) atoms. The Morgan fingerprint density at radius 3 is 2.85 bits per heavy atom. The van der Waals surface area contributed by atoms with Crippen LogP contribution in [0.3, 0.4) is 0 Å². The third kappa shape index (κ3) is 3.48. The Balaban J connectivity index is 2.22. The van der Waals surface area contributed by atoms with E-state index in [1.807, 2.05) is 7.05 Å². The van der Waals surface area contributed by atoms with Gasteiger partial charge in [-0.25, -0.2) is 0 Å². The lowest BCUT2D eigenvalue weighted by atomic mass is 9.97. The predicted octanol–water partition coefficient (Wildman–Crippen LogP) is 4.78. The zero-order valence-electron chi connectivity index (χ0n) is 13.0. The van der Waals surface area contributed by atoms with Crippen molar-refractivity contribution in [2.75, 3.05) is 18.5 Å². The topological polar surface area (TPSA) is 15.3 Å². The van der Waals surface area contributed by atoms with Crippen LogP contribution in [-0.4, -0.2) is 19.6 Å². The SMILES string of the molecule is CCCC1CCCCN1c1ccc(C(C)NC)cc1Cl. The highest BCUT2D eigenvalue weighted by atomic mass is 35.5. The summed E-state index contributed by atoms with van der Waals surface area (Å²) in [7, 11) is 1.98. The maximum Gasteiger partial charge on any atom is 0.0642 e. The van der Waals surface area contributed by atoms with E-state index in [1.54, 1.807) is 0 Å². The smallest absolute Gasteiger partial charge is 0.0642 e. The van der Waals surface area contributed by atoms with Crippen molar-refractivity contribution >= 4 is 17.3 Å². The molecule has 1 N–H and O–H groups in total. The summed E-state index contributed by atoms with van der Waals surface area (Å²) < 4.78 is 0. The van der Waals surface area contributed by atoms with Crippen LogP contribution in [-0.2, 0) is 0 Å². The molecule has 1 aromatic carbocycles. The monoisotopic (exact) mass is 294 g/mol. The van der Waals surface area contributed by atoms with Gasteiger partial charge in [0.15, 0.2) is 0 Å². The normalized spacial score (nSPS) is 21.0. The Bertz CT molecular complexity index is 431. The minimum atomic E-state index is 0.342. The minimum Gasteiger partial charge on any atom is -0.367 e. The molecular formula is C17H27ClN2. The minimum absolute atomic E-state index is 0.342. The molecule has 0 spiro atoms. The Morgan fingerprint density at radius 1 is 1.40 bits per heavy atom. The summed E-state index contributed by atoms with van der Waals surface area (Å²) in [6.45, 7) is 5.57. The van der Waals surface area contributed by atoms with Gasteiger partial charge in [-0.1, -0.05) is 31.0 Å². The number of benzene rings is 1. The molecule has 0 aliphatic carbocycles. The van der Waals surface area contributed by atoms with E-state index in [0.29, 0.717) is 12.1 Å². The highest BCUT2D eigenvalue weighted by Gasteiger charge is 2.23. The van der Waals surface area contributed by atoms with Crippen molar-refractivity contribution in [3.63, 3.8) is 0 Å². The number of nitrogens with one attached hydrogen (secondary N) is 1. The molecule has 1 fully saturated rings. The van der Waals surface area contributed by atoms with Gasteiger partial charge in [0.25, 0.3) is 0 Å². The van der Waals surface area contributed by atoms with Crippen molar-refractivity contribution < 1.29 is 0 Å².